The van der Waals surface area contributed by atoms with E-state index in [2.05, 4.69) is 33.9 Å². The van der Waals surface area contributed by atoms with Gasteiger partial charge in [0, 0.05) is 19.4 Å². The molecule has 3 heteroatoms. The molecule has 0 aromatic carbocycles. The highest BCUT2D eigenvalue weighted by Gasteiger charge is 2.00. The predicted molar refractivity (Wildman–Crippen MR) is 50.4 cm³/mol. The van der Waals surface area contributed by atoms with Crippen molar-refractivity contribution in [3.05, 3.63) is 24.3 Å². The molecule has 0 N–H and O–H groups in total. The van der Waals surface area contributed by atoms with E-state index < -0.39 is 0 Å². The van der Waals surface area contributed by atoms with E-state index in [4.69, 9.17) is 0 Å². The molecule has 0 atom stereocenters. The predicted octanol–water partition coefficient (Wildman–Crippen LogP) is 2.57. The molecule has 2 nitrogen and oxygen atoms in total. The molecule has 0 unspecified atom stereocenters. The first-order valence-electron chi connectivity index (χ1n) is 3.59. The maximum atomic E-state index is 4.18. The van der Waals surface area contributed by atoms with E-state index in [0.29, 0.717) is 0 Å². The lowest BCUT2D eigenvalue weighted by Gasteiger charge is -1.97. The fourth-order valence-electron chi connectivity index (χ4n) is 0.866. The van der Waals surface area contributed by atoms with Crippen molar-refractivity contribution in [2.24, 2.45) is 7.05 Å². The first-order chi connectivity index (χ1) is 5.25. The summed E-state index contributed by atoms with van der Waals surface area (Å²) in [6, 6.07) is 0. The van der Waals surface area contributed by atoms with Gasteiger partial charge >= 0.3 is 0 Å². The average Bonchev–Trinajstić information content (AvgIpc) is 2.36. The molecule has 0 aliphatic rings. The van der Waals surface area contributed by atoms with Crippen LogP contribution in [-0.4, -0.2) is 9.55 Å². The van der Waals surface area contributed by atoms with Gasteiger partial charge in [0.05, 0.1) is 4.48 Å². The average molecular weight is 215 g/mol. The molecule has 1 heterocycles. The zero-order valence-electron chi connectivity index (χ0n) is 6.71. The summed E-state index contributed by atoms with van der Waals surface area (Å²) in [5.41, 5.74) is 0. The van der Waals surface area contributed by atoms with Crippen LogP contribution in [0.3, 0.4) is 0 Å². The zero-order valence-corrected chi connectivity index (χ0v) is 8.30. The molecule has 60 valence electrons. The largest absolute Gasteiger partial charge is 0.334 e. The Balaban J connectivity index is 2.92. The lowest BCUT2D eigenvalue weighted by molar-refractivity contribution is 0.895. The summed E-state index contributed by atoms with van der Waals surface area (Å²) in [4.78, 5) is 4.18. The Kier molecular flexibility index (Phi) is 2.88. The summed E-state index contributed by atoms with van der Waals surface area (Å²) in [6.45, 7) is 2.10. The van der Waals surface area contributed by atoms with Gasteiger partial charge < -0.3 is 4.57 Å². The van der Waals surface area contributed by atoms with Crippen molar-refractivity contribution < 1.29 is 0 Å². The van der Waals surface area contributed by atoms with E-state index in [1.165, 1.54) is 0 Å². The molecule has 11 heavy (non-hydrogen) atoms. The standard InChI is InChI=1S/C8H11BrN2/c1-3-4-7(9)8-10-5-6-11(8)2/h4-6H,3H2,1-2H3. The maximum absolute atomic E-state index is 4.18. The van der Waals surface area contributed by atoms with Crippen molar-refractivity contribution in [1.29, 1.82) is 0 Å². The summed E-state index contributed by atoms with van der Waals surface area (Å²) in [5, 5.41) is 0. The minimum Gasteiger partial charge on any atom is -0.334 e. The van der Waals surface area contributed by atoms with Gasteiger partial charge in [-0.3, -0.25) is 0 Å². The van der Waals surface area contributed by atoms with E-state index in [9.17, 15) is 0 Å². The third-order valence-electron chi connectivity index (χ3n) is 1.42. The lowest BCUT2D eigenvalue weighted by Crippen LogP contribution is -1.91. The van der Waals surface area contributed by atoms with Crippen LogP contribution in [0.2, 0.25) is 0 Å². The van der Waals surface area contributed by atoms with Crippen LogP contribution in [0.15, 0.2) is 18.5 Å². The van der Waals surface area contributed by atoms with Crippen LogP contribution < -0.4 is 0 Å². The summed E-state index contributed by atoms with van der Waals surface area (Å²) >= 11 is 3.45. The fourth-order valence-corrected chi connectivity index (χ4v) is 1.57. The second-order valence-corrected chi connectivity index (χ2v) is 3.18. The second-order valence-electron chi connectivity index (χ2n) is 2.32. The molecule has 0 spiro atoms. The Morgan fingerprint density at radius 3 is 3.00 bits per heavy atom. The van der Waals surface area contributed by atoms with Crippen molar-refractivity contribution in [1.82, 2.24) is 9.55 Å². The summed E-state index contributed by atoms with van der Waals surface area (Å²) in [6.07, 6.45) is 6.84. The van der Waals surface area contributed by atoms with Crippen LogP contribution in [-0.2, 0) is 7.05 Å². The first-order valence-corrected chi connectivity index (χ1v) is 4.38. The highest BCUT2D eigenvalue weighted by molar-refractivity contribution is 9.15. The van der Waals surface area contributed by atoms with Crippen molar-refractivity contribution in [3.63, 3.8) is 0 Å². The van der Waals surface area contributed by atoms with Crippen LogP contribution in [0.25, 0.3) is 4.48 Å². The van der Waals surface area contributed by atoms with E-state index in [-0.39, 0.29) is 0 Å². The van der Waals surface area contributed by atoms with E-state index in [1.54, 1.807) is 6.20 Å². The van der Waals surface area contributed by atoms with Gasteiger partial charge in [-0.05, 0) is 22.4 Å². The molecule has 0 saturated heterocycles. The third kappa shape index (κ3) is 1.93. The fraction of sp³-hybridized carbons (Fsp3) is 0.375. The number of aromatic nitrogens is 2. The Morgan fingerprint density at radius 1 is 1.82 bits per heavy atom. The number of halogens is 1. The van der Waals surface area contributed by atoms with E-state index >= 15 is 0 Å². The molecule has 0 radical (unpaired) electrons. The SMILES string of the molecule is CCC=C(Br)c1nccn1C. The Bertz CT molecular complexity index is 263. The van der Waals surface area contributed by atoms with Crippen LogP contribution in [0.1, 0.15) is 19.2 Å². The molecule has 0 fully saturated rings. The first kappa shape index (κ1) is 8.53. The number of hydrogen-bond acceptors (Lipinski definition) is 1. The van der Waals surface area contributed by atoms with Gasteiger partial charge in [0.1, 0.15) is 5.82 Å². The quantitative estimate of drug-likeness (QED) is 0.741. The summed E-state index contributed by atoms with van der Waals surface area (Å²) in [7, 11) is 1.98. The molecule has 1 rings (SSSR count). The number of allylic oxidation sites excluding steroid dienone is 1. The number of rotatable bonds is 2. The Labute approximate surface area is 75.1 Å². The number of imidazole rings is 1. The van der Waals surface area contributed by atoms with Crippen LogP contribution in [0.4, 0.5) is 0 Å². The van der Waals surface area contributed by atoms with Crippen molar-refractivity contribution >= 4 is 20.4 Å². The molecule has 0 bridgehead atoms. The van der Waals surface area contributed by atoms with Crippen LogP contribution >= 0.6 is 15.9 Å². The Morgan fingerprint density at radius 2 is 2.55 bits per heavy atom. The number of hydrogen-bond donors (Lipinski definition) is 0. The number of aryl methyl sites for hydroxylation is 1. The van der Waals surface area contributed by atoms with Gasteiger partial charge in [-0.2, -0.15) is 0 Å². The van der Waals surface area contributed by atoms with Gasteiger partial charge in [-0.1, -0.05) is 13.0 Å². The van der Waals surface area contributed by atoms with Crippen molar-refractivity contribution in [3.8, 4) is 0 Å². The monoisotopic (exact) mass is 214 g/mol. The van der Waals surface area contributed by atoms with E-state index in [0.717, 1.165) is 16.7 Å². The van der Waals surface area contributed by atoms with Crippen LogP contribution in [0, 0.1) is 0 Å². The number of nitrogens with zero attached hydrogens (tertiary/aromatic N) is 2. The van der Waals surface area contributed by atoms with Gasteiger partial charge in [0.15, 0.2) is 0 Å². The van der Waals surface area contributed by atoms with Gasteiger partial charge in [0.2, 0.25) is 0 Å². The normalized spacial score (nSPS) is 12.1. The van der Waals surface area contributed by atoms with Gasteiger partial charge in [0.25, 0.3) is 0 Å². The highest BCUT2D eigenvalue weighted by atomic mass is 79.9. The molecule has 0 amide bonds. The minimum absolute atomic E-state index is 0.979. The van der Waals surface area contributed by atoms with E-state index in [1.807, 2.05) is 17.8 Å². The second kappa shape index (κ2) is 3.72. The molecule has 1 aromatic rings. The Hall–Kier alpha value is -0.570. The minimum atomic E-state index is 0.979. The molecule has 0 saturated carbocycles. The zero-order chi connectivity index (χ0) is 8.27. The molecule has 0 aliphatic carbocycles. The third-order valence-corrected chi connectivity index (χ3v) is 2.10. The molecular weight excluding hydrogens is 204 g/mol. The van der Waals surface area contributed by atoms with Gasteiger partial charge in [-0.25, -0.2) is 4.98 Å². The van der Waals surface area contributed by atoms with Crippen molar-refractivity contribution in [2.45, 2.75) is 13.3 Å². The maximum Gasteiger partial charge on any atom is 0.146 e. The molecular formula is C8H11BrN2. The summed E-state index contributed by atoms with van der Waals surface area (Å²) < 4.78 is 3.04. The summed E-state index contributed by atoms with van der Waals surface area (Å²) in [5.74, 6) is 0.979. The highest BCUT2D eigenvalue weighted by Crippen LogP contribution is 2.18. The lowest BCUT2D eigenvalue weighted by atomic mass is 10.4. The van der Waals surface area contributed by atoms with Crippen molar-refractivity contribution in [2.75, 3.05) is 0 Å². The smallest absolute Gasteiger partial charge is 0.146 e. The molecule has 1 aromatic heterocycles. The topological polar surface area (TPSA) is 17.8 Å². The van der Waals surface area contributed by atoms with Gasteiger partial charge in [-0.15, -0.1) is 0 Å². The molecule has 0 aliphatic heterocycles. The van der Waals surface area contributed by atoms with Crippen LogP contribution in [0.5, 0.6) is 0 Å².